The molecule has 24 heavy (non-hydrogen) atoms. The topological polar surface area (TPSA) is 25.4 Å². The molecule has 0 bridgehead atoms. The Labute approximate surface area is 153 Å². The highest BCUT2D eigenvalue weighted by atomic mass is 35.5. The van der Waals surface area contributed by atoms with Crippen molar-refractivity contribution in [2.75, 3.05) is 27.2 Å². The number of halogens is 2. The Bertz CT molecular complexity index is 694. The summed E-state index contributed by atoms with van der Waals surface area (Å²) in [5, 5.41) is 1.22. The van der Waals surface area contributed by atoms with Crippen LogP contribution in [0.5, 0.6) is 5.75 Å². The third-order valence-corrected chi connectivity index (χ3v) is 4.10. The van der Waals surface area contributed by atoms with Crippen LogP contribution in [0.25, 0.3) is 12.2 Å². The van der Waals surface area contributed by atoms with Gasteiger partial charge in [-0.1, -0.05) is 29.3 Å². The van der Waals surface area contributed by atoms with Gasteiger partial charge in [0, 0.05) is 27.8 Å². The Morgan fingerprint density at radius 3 is 2.46 bits per heavy atom. The Morgan fingerprint density at radius 1 is 1.08 bits per heavy atom. The molecule has 2 aromatic rings. The lowest BCUT2D eigenvalue weighted by Crippen LogP contribution is -2.15. The van der Waals surface area contributed by atoms with E-state index in [4.69, 9.17) is 27.9 Å². The Balaban J connectivity index is 2.16. The number of aromatic nitrogens is 1. The SMILES string of the molecule is Cc1ccc(OCCCN(C)C)c(C=Cc2c(Cl)cccc2Cl)n1. The molecular formula is C19H22Cl2N2O. The monoisotopic (exact) mass is 364 g/mol. The van der Waals surface area contributed by atoms with Gasteiger partial charge in [-0.05, 0) is 63.9 Å². The van der Waals surface area contributed by atoms with E-state index in [0.29, 0.717) is 16.7 Å². The van der Waals surface area contributed by atoms with Crippen molar-refractivity contribution in [1.29, 1.82) is 0 Å². The maximum Gasteiger partial charge on any atom is 0.144 e. The normalized spacial score (nSPS) is 11.4. The third-order valence-electron chi connectivity index (χ3n) is 3.44. The first-order valence-electron chi connectivity index (χ1n) is 7.84. The van der Waals surface area contributed by atoms with Crippen LogP contribution in [0.15, 0.2) is 30.3 Å². The van der Waals surface area contributed by atoms with Crippen LogP contribution in [0, 0.1) is 6.92 Å². The van der Waals surface area contributed by atoms with Crippen LogP contribution < -0.4 is 4.74 Å². The molecule has 0 atom stereocenters. The van der Waals surface area contributed by atoms with Crippen LogP contribution >= 0.6 is 23.2 Å². The smallest absolute Gasteiger partial charge is 0.144 e. The van der Waals surface area contributed by atoms with E-state index in [0.717, 1.165) is 35.7 Å². The van der Waals surface area contributed by atoms with Gasteiger partial charge in [0.1, 0.15) is 11.4 Å². The second kappa shape index (κ2) is 9.07. The predicted octanol–water partition coefficient (Wildman–Crippen LogP) is 5.20. The van der Waals surface area contributed by atoms with Gasteiger partial charge in [0.05, 0.1) is 6.61 Å². The van der Waals surface area contributed by atoms with Crippen LogP contribution in [-0.4, -0.2) is 37.1 Å². The highest BCUT2D eigenvalue weighted by molar-refractivity contribution is 6.37. The second-order valence-electron chi connectivity index (χ2n) is 5.81. The number of pyridine rings is 1. The molecule has 0 radical (unpaired) electrons. The van der Waals surface area contributed by atoms with Gasteiger partial charge >= 0.3 is 0 Å². The summed E-state index contributed by atoms with van der Waals surface area (Å²) in [5.74, 6) is 0.763. The number of hydrogen-bond acceptors (Lipinski definition) is 3. The van der Waals surface area contributed by atoms with Crippen molar-refractivity contribution in [3.05, 3.63) is 57.3 Å². The van der Waals surface area contributed by atoms with E-state index in [1.807, 2.05) is 49.4 Å². The molecule has 0 spiro atoms. The largest absolute Gasteiger partial charge is 0.491 e. The Morgan fingerprint density at radius 2 is 1.79 bits per heavy atom. The quantitative estimate of drug-likeness (QED) is 0.631. The molecule has 0 fully saturated rings. The van der Waals surface area contributed by atoms with Gasteiger partial charge in [0.2, 0.25) is 0 Å². The zero-order chi connectivity index (χ0) is 17.5. The second-order valence-corrected chi connectivity index (χ2v) is 6.62. The summed E-state index contributed by atoms with van der Waals surface area (Å²) in [6, 6.07) is 9.35. The van der Waals surface area contributed by atoms with Crippen LogP contribution in [0.4, 0.5) is 0 Å². The molecule has 0 aliphatic rings. The average Bonchev–Trinajstić information content (AvgIpc) is 2.52. The Hall–Kier alpha value is -1.55. The van der Waals surface area contributed by atoms with Gasteiger partial charge in [-0.15, -0.1) is 0 Å². The first kappa shape index (κ1) is 18.8. The van der Waals surface area contributed by atoms with Gasteiger partial charge in [-0.2, -0.15) is 0 Å². The van der Waals surface area contributed by atoms with Crippen molar-refractivity contribution in [3.8, 4) is 5.75 Å². The average molecular weight is 365 g/mol. The van der Waals surface area contributed by atoms with E-state index in [2.05, 4.69) is 24.0 Å². The molecule has 128 valence electrons. The van der Waals surface area contributed by atoms with Crippen molar-refractivity contribution in [1.82, 2.24) is 9.88 Å². The van der Waals surface area contributed by atoms with Crippen LogP contribution in [-0.2, 0) is 0 Å². The zero-order valence-corrected chi connectivity index (χ0v) is 15.7. The van der Waals surface area contributed by atoms with Crippen molar-refractivity contribution >= 4 is 35.4 Å². The van der Waals surface area contributed by atoms with Gasteiger partial charge < -0.3 is 9.64 Å². The summed E-state index contributed by atoms with van der Waals surface area (Å²) in [6.45, 7) is 3.59. The number of rotatable bonds is 7. The summed E-state index contributed by atoms with van der Waals surface area (Å²) < 4.78 is 5.89. The number of ether oxygens (including phenoxy) is 1. The maximum absolute atomic E-state index is 6.21. The van der Waals surface area contributed by atoms with Gasteiger partial charge in [-0.3, -0.25) is 0 Å². The number of nitrogens with zero attached hydrogens (tertiary/aromatic N) is 2. The summed E-state index contributed by atoms with van der Waals surface area (Å²) in [5.41, 5.74) is 2.49. The molecule has 1 aromatic heterocycles. The molecular weight excluding hydrogens is 343 g/mol. The molecule has 0 saturated carbocycles. The molecule has 3 nitrogen and oxygen atoms in total. The van der Waals surface area contributed by atoms with Crippen LogP contribution in [0.1, 0.15) is 23.4 Å². The highest BCUT2D eigenvalue weighted by Gasteiger charge is 2.06. The van der Waals surface area contributed by atoms with Crippen LogP contribution in [0.3, 0.4) is 0 Å². The molecule has 1 heterocycles. The molecule has 0 saturated heterocycles. The fraction of sp³-hybridized carbons (Fsp3) is 0.316. The predicted molar refractivity (Wildman–Crippen MR) is 103 cm³/mol. The van der Waals surface area contributed by atoms with Gasteiger partial charge in [-0.25, -0.2) is 4.98 Å². The van der Waals surface area contributed by atoms with E-state index in [9.17, 15) is 0 Å². The van der Waals surface area contributed by atoms with E-state index in [-0.39, 0.29) is 0 Å². The lowest BCUT2D eigenvalue weighted by Gasteiger charge is -2.12. The lowest BCUT2D eigenvalue weighted by molar-refractivity contribution is 0.280. The minimum atomic E-state index is 0.611. The van der Waals surface area contributed by atoms with Crippen LogP contribution in [0.2, 0.25) is 10.0 Å². The number of benzene rings is 1. The lowest BCUT2D eigenvalue weighted by atomic mass is 10.2. The fourth-order valence-corrected chi connectivity index (χ4v) is 2.72. The minimum absolute atomic E-state index is 0.611. The molecule has 0 amide bonds. The summed E-state index contributed by atoms with van der Waals surface area (Å²) in [6.07, 6.45) is 4.72. The first-order valence-corrected chi connectivity index (χ1v) is 8.60. The molecule has 0 N–H and O–H groups in total. The number of hydrogen-bond donors (Lipinski definition) is 0. The zero-order valence-electron chi connectivity index (χ0n) is 14.2. The van der Waals surface area contributed by atoms with E-state index in [1.54, 1.807) is 0 Å². The highest BCUT2D eigenvalue weighted by Crippen LogP contribution is 2.27. The number of aryl methyl sites for hydroxylation is 1. The summed E-state index contributed by atoms with van der Waals surface area (Å²) >= 11 is 12.4. The van der Waals surface area contributed by atoms with Crippen molar-refractivity contribution in [3.63, 3.8) is 0 Å². The molecule has 0 aliphatic heterocycles. The van der Waals surface area contributed by atoms with Gasteiger partial charge in [0.25, 0.3) is 0 Å². The minimum Gasteiger partial charge on any atom is -0.491 e. The maximum atomic E-state index is 6.21. The third kappa shape index (κ3) is 5.52. The molecule has 5 heteroatoms. The van der Waals surface area contributed by atoms with E-state index >= 15 is 0 Å². The summed E-state index contributed by atoms with van der Waals surface area (Å²) in [4.78, 5) is 6.69. The molecule has 1 aromatic carbocycles. The van der Waals surface area contributed by atoms with Crippen molar-refractivity contribution in [2.24, 2.45) is 0 Å². The Kier molecular flexibility index (Phi) is 7.10. The van der Waals surface area contributed by atoms with Crippen molar-refractivity contribution in [2.45, 2.75) is 13.3 Å². The summed E-state index contributed by atoms with van der Waals surface area (Å²) in [7, 11) is 4.10. The standard InChI is InChI=1S/C19H22Cl2N2O/c1-14-8-11-19(24-13-5-12-23(2)3)18(22-14)10-9-15-16(20)6-4-7-17(15)21/h4,6-11H,5,12-13H2,1-3H3. The first-order chi connectivity index (χ1) is 11.5. The van der Waals surface area contributed by atoms with Gasteiger partial charge in [0.15, 0.2) is 0 Å². The van der Waals surface area contributed by atoms with E-state index in [1.165, 1.54) is 0 Å². The molecule has 2 rings (SSSR count). The molecule has 0 aliphatic carbocycles. The van der Waals surface area contributed by atoms with E-state index < -0.39 is 0 Å². The fourth-order valence-electron chi connectivity index (χ4n) is 2.20. The van der Waals surface area contributed by atoms with Crippen molar-refractivity contribution < 1.29 is 4.74 Å². The molecule has 0 unspecified atom stereocenters.